The highest BCUT2D eigenvalue weighted by Gasteiger charge is 1.97. The lowest BCUT2D eigenvalue weighted by molar-refractivity contribution is -0.131. The number of benzene rings is 1. The third kappa shape index (κ3) is 4.04. The highest BCUT2D eigenvalue weighted by molar-refractivity contribution is 5.80. The predicted molar refractivity (Wildman–Crippen MR) is 59.9 cm³/mol. The van der Waals surface area contributed by atoms with Gasteiger partial charge < -0.3 is 14.6 Å². The second kappa shape index (κ2) is 5.80. The van der Waals surface area contributed by atoms with Gasteiger partial charge >= 0.3 is 5.97 Å². The number of ether oxygens (including phenoxy) is 2. The molecule has 0 aromatic heterocycles. The first kappa shape index (κ1) is 12.1. The average molecular weight is 222 g/mol. The SMILES string of the molecule is COc1ccc(OC/C(C)=C/C(=O)O)cc1. The van der Waals surface area contributed by atoms with Gasteiger partial charge in [0, 0.05) is 6.08 Å². The van der Waals surface area contributed by atoms with E-state index in [1.165, 1.54) is 0 Å². The number of carboxylic acids is 1. The van der Waals surface area contributed by atoms with Gasteiger partial charge in [0.05, 0.1) is 7.11 Å². The minimum Gasteiger partial charge on any atom is -0.497 e. The largest absolute Gasteiger partial charge is 0.497 e. The van der Waals surface area contributed by atoms with Crippen molar-refractivity contribution in [3.8, 4) is 11.5 Å². The van der Waals surface area contributed by atoms with Crippen molar-refractivity contribution in [3.05, 3.63) is 35.9 Å². The molecule has 1 aromatic carbocycles. The van der Waals surface area contributed by atoms with E-state index >= 15 is 0 Å². The summed E-state index contributed by atoms with van der Waals surface area (Å²) < 4.78 is 10.4. The third-order valence-corrected chi connectivity index (χ3v) is 1.90. The number of hydrogen-bond acceptors (Lipinski definition) is 3. The number of hydrogen-bond donors (Lipinski definition) is 1. The zero-order valence-corrected chi connectivity index (χ0v) is 9.27. The molecule has 4 nitrogen and oxygen atoms in total. The molecular weight excluding hydrogens is 208 g/mol. The van der Waals surface area contributed by atoms with E-state index in [1.54, 1.807) is 38.3 Å². The second-order valence-electron chi connectivity index (χ2n) is 3.29. The lowest BCUT2D eigenvalue weighted by Crippen LogP contribution is -2.01. The lowest BCUT2D eigenvalue weighted by atomic mass is 10.3. The summed E-state index contributed by atoms with van der Waals surface area (Å²) in [4.78, 5) is 10.4. The van der Waals surface area contributed by atoms with Crippen molar-refractivity contribution in [2.45, 2.75) is 6.92 Å². The van der Waals surface area contributed by atoms with Gasteiger partial charge in [-0.3, -0.25) is 0 Å². The van der Waals surface area contributed by atoms with Crippen molar-refractivity contribution in [2.24, 2.45) is 0 Å². The molecule has 16 heavy (non-hydrogen) atoms. The van der Waals surface area contributed by atoms with Gasteiger partial charge in [0.15, 0.2) is 0 Å². The van der Waals surface area contributed by atoms with Gasteiger partial charge in [0.1, 0.15) is 18.1 Å². The van der Waals surface area contributed by atoms with Crippen molar-refractivity contribution in [1.29, 1.82) is 0 Å². The number of rotatable bonds is 5. The molecule has 4 heteroatoms. The van der Waals surface area contributed by atoms with Gasteiger partial charge in [0.25, 0.3) is 0 Å². The Labute approximate surface area is 94.1 Å². The highest BCUT2D eigenvalue weighted by Crippen LogP contribution is 2.17. The first-order valence-corrected chi connectivity index (χ1v) is 4.79. The Morgan fingerprint density at radius 3 is 2.38 bits per heavy atom. The van der Waals surface area contributed by atoms with Crippen LogP contribution in [0.4, 0.5) is 0 Å². The fraction of sp³-hybridized carbons (Fsp3) is 0.250. The summed E-state index contributed by atoms with van der Waals surface area (Å²) in [7, 11) is 1.59. The Balaban J connectivity index is 2.51. The smallest absolute Gasteiger partial charge is 0.328 e. The summed E-state index contributed by atoms with van der Waals surface area (Å²) in [6.45, 7) is 1.97. The molecule has 0 aliphatic rings. The molecule has 1 N–H and O–H groups in total. The fourth-order valence-electron chi connectivity index (χ4n) is 1.12. The summed E-state index contributed by atoms with van der Waals surface area (Å²) in [6, 6.07) is 7.11. The maximum atomic E-state index is 10.4. The number of methoxy groups -OCH3 is 1. The van der Waals surface area contributed by atoms with Crippen LogP contribution in [0.5, 0.6) is 11.5 Å². The van der Waals surface area contributed by atoms with Crippen LogP contribution in [0.1, 0.15) is 6.92 Å². The Morgan fingerprint density at radius 1 is 1.31 bits per heavy atom. The van der Waals surface area contributed by atoms with Crippen molar-refractivity contribution in [1.82, 2.24) is 0 Å². The van der Waals surface area contributed by atoms with Gasteiger partial charge in [-0.2, -0.15) is 0 Å². The van der Waals surface area contributed by atoms with Crippen LogP contribution >= 0.6 is 0 Å². The van der Waals surface area contributed by atoms with Gasteiger partial charge in [-0.1, -0.05) is 0 Å². The standard InChI is InChI=1S/C12H14O4/c1-9(7-12(13)14)8-16-11-5-3-10(15-2)4-6-11/h3-7H,8H2,1-2H3,(H,13,14)/b9-7+. The summed E-state index contributed by atoms with van der Waals surface area (Å²) >= 11 is 0. The lowest BCUT2D eigenvalue weighted by Gasteiger charge is -2.06. The van der Waals surface area contributed by atoms with Crippen molar-refractivity contribution in [2.75, 3.05) is 13.7 Å². The summed E-state index contributed by atoms with van der Waals surface area (Å²) in [5, 5.41) is 8.50. The van der Waals surface area contributed by atoms with E-state index in [-0.39, 0.29) is 6.61 Å². The zero-order valence-electron chi connectivity index (χ0n) is 9.27. The van der Waals surface area contributed by atoms with E-state index < -0.39 is 5.97 Å². The van der Waals surface area contributed by atoms with Crippen molar-refractivity contribution < 1.29 is 19.4 Å². The minimum atomic E-state index is -0.962. The topological polar surface area (TPSA) is 55.8 Å². The molecule has 0 spiro atoms. The summed E-state index contributed by atoms with van der Waals surface area (Å²) in [5.74, 6) is 0.472. The van der Waals surface area contributed by atoms with Crippen LogP contribution in [0.15, 0.2) is 35.9 Å². The molecule has 0 unspecified atom stereocenters. The van der Waals surface area contributed by atoms with E-state index in [9.17, 15) is 4.79 Å². The second-order valence-corrected chi connectivity index (χ2v) is 3.29. The van der Waals surface area contributed by atoms with Crippen molar-refractivity contribution in [3.63, 3.8) is 0 Å². The molecule has 0 radical (unpaired) electrons. The van der Waals surface area contributed by atoms with Gasteiger partial charge in [-0.15, -0.1) is 0 Å². The van der Waals surface area contributed by atoms with E-state index in [4.69, 9.17) is 14.6 Å². The molecule has 0 bridgehead atoms. The van der Waals surface area contributed by atoms with E-state index in [2.05, 4.69) is 0 Å². The maximum Gasteiger partial charge on any atom is 0.328 e. The molecule has 0 atom stereocenters. The maximum absolute atomic E-state index is 10.4. The molecule has 0 aliphatic carbocycles. The minimum absolute atomic E-state index is 0.263. The predicted octanol–water partition coefficient (Wildman–Crippen LogP) is 2.10. The average Bonchev–Trinajstić information content (AvgIpc) is 2.26. The van der Waals surface area contributed by atoms with E-state index in [0.717, 1.165) is 11.8 Å². The van der Waals surface area contributed by atoms with Crippen LogP contribution in [0.3, 0.4) is 0 Å². The number of carboxylic acid groups (broad SMARTS) is 1. The Morgan fingerprint density at radius 2 is 1.88 bits per heavy atom. The van der Waals surface area contributed by atoms with Crippen LogP contribution in [-0.4, -0.2) is 24.8 Å². The van der Waals surface area contributed by atoms with E-state index in [0.29, 0.717) is 11.3 Å². The van der Waals surface area contributed by atoms with Crippen LogP contribution in [0.25, 0.3) is 0 Å². The summed E-state index contributed by atoms with van der Waals surface area (Å²) in [6.07, 6.45) is 1.13. The quantitative estimate of drug-likeness (QED) is 0.775. The van der Waals surface area contributed by atoms with Gasteiger partial charge in [-0.25, -0.2) is 4.79 Å². The molecule has 0 saturated heterocycles. The molecule has 1 rings (SSSR count). The van der Waals surface area contributed by atoms with Crippen LogP contribution in [0.2, 0.25) is 0 Å². The molecule has 0 aliphatic heterocycles. The van der Waals surface area contributed by atoms with Crippen LogP contribution < -0.4 is 9.47 Å². The zero-order chi connectivity index (χ0) is 12.0. The highest BCUT2D eigenvalue weighted by atomic mass is 16.5. The van der Waals surface area contributed by atoms with Crippen LogP contribution in [-0.2, 0) is 4.79 Å². The monoisotopic (exact) mass is 222 g/mol. The Kier molecular flexibility index (Phi) is 4.39. The molecule has 0 saturated carbocycles. The number of carbonyl (C=O) groups is 1. The normalized spacial score (nSPS) is 11.0. The third-order valence-electron chi connectivity index (χ3n) is 1.90. The molecule has 0 heterocycles. The first-order valence-electron chi connectivity index (χ1n) is 4.79. The molecule has 1 aromatic rings. The van der Waals surface area contributed by atoms with Crippen LogP contribution in [0, 0.1) is 0 Å². The Bertz CT molecular complexity index is 379. The molecular formula is C12H14O4. The van der Waals surface area contributed by atoms with Gasteiger partial charge in [0.2, 0.25) is 0 Å². The molecule has 0 fully saturated rings. The summed E-state index contributed by atoms with van der Waals surface area (Å²) in [5.41, 5.74) is 0.656. The first-order chi connectivity index (χ1) is 7.61. The van der Waals surface area contributed by atoms with E-state index in [1.807, 2.05) is 0 Å². The molecule has 86 valence electrons. The van der Waals surface area contributed by atoms with Crippen molar-refractivity contribution >= 4 is 5.97 Å². The fourth-order valence-corrected chi connectivity index (χ4v) is 1.12. The molecule has 0 amide bonds. The van der Waals surface area contributed by atoms with Gasteiger partial charge in [-0.05, 0) is 36.8 Å². The Hall–Kier alpha value is -1.97. The number of aliphatic carboxylic acids is 1.